The molecule has 0 saturated carbocycles. The fourth-order valence-electron chi connectivity index (χ4n) is 1.62. The summed E-state index contributed by atoms with van der Waals surface area (Å²) in [4.78, 5) is 27.0. The molecule has 0 unspecified atom stereocenters. The first-order valence-corrected chi connectivity index (χ1v) is 5.80. The predicted octanol–water partition coefficient (Wildman–Crippen LogP) is 1.37. The van der Waals surface area contributed by atoms with Crippen LogP contribution in [0.5, 0.6) is 0 Å². The number of allylic oxidation sites excluding steroid dienone is 1. The fraction of sp³-hybridized carbons (Fsp3) is 0.154. The second kappa shape index (κ2) is 5.81. The summed E-state index contributed by atoms with van der Waals surface area (Å²) in [7, 11) is 0. The van der Waals surface area contributed by atoms with Crippen molar-refractivity contribution >= 4 is 23.2 Å². The van der Waals surface area contributed by atoms with Crippen LogP contribution >= 0.6 is 0 Å². The van der Waals surface area contributed by atoms with Crippen molar-refractivity contribution in [3.63, 3.8) is 0 Å². The number of aromatic nitrogens is 1. The van der Waals surface area contributed by atoms with E-state index in [2.05, 4.69) is 20.9 Å². The monoisotopic (exact) mass is 258 g/mol. The van der Waals surface area contributed by atoms with Gasteiger partial charge in [0.2, 0.25) is 5.91 Å². The zero-order valence-corrected chi connectivity index (χ0v) is 10.4. The summed E-state index contributed by atoms with van der Waals surface area (Å²) in [5.41, 5.74) is 1.61. The number of rotatable bonds is 3. The van der Waals surface area contributed by atoms with Crippen LogP contribution in [-0.2, 0) is 9.59 Å². The minimum Gasteiger partial charge on any atom is -0.367 e. The quantitative estimate of drug-likeness (QED) is 0.764. The van der Waals surface area contributed by atoms with Gasteiger partial charge in [0.25, 0.3) is 5.91 Å². The van der Waals surface area contributed by atoms with E-state index in [0.717, 1.165) is 0 Å². The second-order valence-corrected chi connectivity index (χ2v) is 4.00. The normalized spacial score (nSPS) is 13.2. The van der Waals surface area contributed by atoms with Gasteiger partial charge in [0.15, 0.2) is 0 Å². The van der Waals surface area contributed by atoms with E-state index in [-0.39, 0.29) is 11.8 Å². The Morgan fingerprint density at radius 2 is 2.16 bits per heavy atom. The van der Waals surface area contributed by atoms with E-state index in [1.807, 2.05) is 6.08 Å². The molecule has 6 heteroatoms. The maximum atomic E-state index is 12.0. The molecule has 2 amide bonds. The Morgan fingerprint density at radius 1 is 1.32 bits per heavy atom. The molecule has 2 heterocycles. The fourth-order valence-corrected chi connectivity index (χ4v) is 1.62. The molecule has 0 radical (unpaired) electrons. The third-order valence-corrected chi connectivity index (χ3v) is 2.48. The molecule has 6 nitrogen and oxygen atoms in total. The first-order valence-electron chi connectivity index (χ1n) is 5.80. The Labute approximate surface area is 110 Å². The maximum absolute atomic E-state index is 12.0. The molecule has 2 rings (SSSR count). The van der Waals surface area contributed by atoms with Gasteiger partial charge in [0.05, 0.1) is 17.6 Å². The number of hydrogen-bond acceptors (Lipinski definition) is 4. The molecular formula is C13H14N4O2. The Balaban J connectivity index is 2.12. The lowest BCUT2D eigenvalue weighted by atomic mass is 10.1. The molecule has 0 aliphatic carbocycles. The van der Waals surface area contributed by atoms with Crippen LogP contribution in [0.4, 0.5) is 11.4 Å². The predicted molar refractivity (Wildman–Crippen MR) is 72.1 cm³/mol. The third-order valence-electron chi connectivity index (χ3n) is 2.48. The van der Waals surface area contributed by atoms with Crippen LogP contribution in [0.15, 0.2) is 42.5 Å². The molecule has 98 valence electrons. The number of dihydropyridines is 1. The summed E-state index contributed by atoms with van der Waals surface area (Å²) < 4.78 is 0. The van der Waals surface area contributed by atoms with Crippen molar-refractivity contribution in [2.24, 2.45) is 0 Å². The summed E-state index contributed by atoms with van der Waals surface area (Å²) >= 11 is 0. The lowest BCUT2D eigenvalue weighted by molar-refractivity contribution is -0.114. The Bertz CT molecular complexity index is 564. The van der Waals surface area contributed by atoms with Gasteiger partial charge in [-0.3, -0.25) is 14.6 Å². The lowest BCUT2D eigenvalue weighted by Crippen LogP contribution is -2.19. The van der Waals surface area contributed by atoms with Gasteiger partial charge < -0.3 is 16.0 Å². The molecule has 0 atom stereocenters. The Morgan fingerprint density at radius 3 is 2.84 bits per heavy atom. The van der Waals surface area contributed by atoms with Crippen LogP contribution in [0.1, 0.15) is 13.3 Å². The van der Waals surface area contributed by atoms with Crippen LogP contribution in [0.3, 0.4) is 0 Å². The van der Waals surface area contributed by atoms with Gasteiger partial charge in [0, 0.05) is 24.9 Å². The highest BCUT2D eigenvalue weighted by Gasteiger charge is 2.12. The van der Waals surface area contributed by atoms with E-state index in [1.165, 1.54) is 13.1 Å². The van der Waals surface area contributed by atoms with Crippen LogP contribution in [0.2, 0.25) is 0 Å². The number of nitrogens with one attached hydrogen (secondary N) is 3. The highest BCUT2D eigenvalue weighted by atomic mass is 16.2. The van der Waals surface area contributed by atoms with E-state index in [4.69, 9.17) is 0 Å². The summed E-state index contributed by atoms with van der Waals surface area (Å²) in [5, 5.41) is 8.23. The molecule has 0 saturated heterocycles. The molecular weight excluding hydrogens is 244 g/mol. The van der Waals surface area contributed by atoms with E-state index in [9.17, 15) is 9.59 Å². The Kier molecular flexibility index (Phi) is 3.92. The SMILES string of the molecule is CC(=O)Nc1cnccc1NC(=O)C1=CNC=CC1. The maximum Gasteiger partial charge on any atom is 0.253 e. The lowest BCUT2D eigenvalue weighted by Gasteiger charge is -2.13. The number of amides is 2. The Hall–Kier alpha value is -2.63. The van der Waals surface area contributed by atoms with Gasteiger partial charge in [-0.25, -0.2) is 0 Å². The van der Waals surface area contributed by atoms with Gasteiger partial charge in [-0.1, -0.05) is 6.08 Å². The molecule has 0 fully saturated rings. The molecule has 1 aliphatic rings. The van der Waals surface area contributed by atoms with Crippen LogP contribution in [0, 0.1) is 0 Å². The summed E-state index contributed by atoms with van der Waals surface area (Å²) in [6, 6.07) is 1.63. The van der Waals surface area contributed by atoms with Gasteiger partial charge >= 0.3 is 0 Å². The van der Waals surface area contributed by atoms with Crippen molar-refractivity contribution < 1.29 is 9.59 Å². The molecule has 0 bridgehead atoms. The molecule has 1 aromatic rings. The largest absolute Gasteiger partial charge is 0.367 e. The third kappa shape index (κ3) is 3.41. The van der Waals surface area contributed by atoms with Gasteiger partial charge in [-0.15, -0.1) is 0 Å². The average Bonchev–Trinajstić information content (AvgIpc) is 2.41. The first-order chi connectivity index (χ1) is 9.16. The van der Waals surface area contributed by atoms with Crippen LogP contribution < -0.4 is 16.0 Å². The number of anilines is 2. The van der Waals surface area contributed by atoms with E-state index in [1.54, 1.807) is 24.7 Å². The number of hydrogen-bond donors (Lipinski definition) is 3. The zero-order chi connectivity index (χ0) is 13.7. The summed E-state index contributed by atoms with van der Waals surface area (Å²) in [6.45, 7) is 1.40. The molecule has 1 aromatic heterocycles. The van der Waals surface area contributed by atoms with Crippen molar-refractivity contribution in [1.82, 2.24) is 10.3 Å². The van der Waals surface area contributed by atoms with Crippen molar-refractivity contribution in [3.05, 3.63) is 42.5 Å². The molecule has 19 heavy (non-hydrogen) atoms. The molecule has 0 aromatic carbocycles. The minimum atomic E-state index is -0.218. The minimum absolute atomic E-state index is 0.213. The zero-order valence-electron chi connectivity index (χ0n) is 10.4. The highest BCUT2D eigenvalue weighted by Crippen LogP contribution is 2.20. The molecule has 3 N–H and O–H groups in total. The van der Waals surface area contributed by atoms with Crippen molar-refractivity contribution in [1.29, 1.82) is 0 Å². The molecule has 0 spiro atoms. The van der Waals surface area contributed by atoms with Gasteiger partial charge in [0.1, 0.15) is 0 Å². The smallest absolute Gasteiger partial charge is 0.253 e. The summed E-state index contributed by atoms with van der Waals surface area (Å²) in [5.74, 6) is -0.431. The summed E-state index contributed by atoms with van der Waals surface area (Å²) in [6.07, 6.45) is 8.88. The van der Waals surface area contributed by atoms with Crippen LogP contribution in [0.25, 0.3) is 0 Å². The number of carbonyl (C=O) groups is 2. The molecule has 1 aliphatic heterocycles. The standard InChI is InChI=1S/C13H14N4O2/c1-9(18)16-12-8-15-6-4-11(12)17-13(19)10-3-2-5-14-7-10/h2,4-8,14H,3H2,1H3,(H,16,18)(H,15,17,19). The topological polar surface area (TPSA) is 83.1 Å². The second-order valence-electron chi connectivity index (χ2n) is 4.00. The highest BCUT2D eigenvalue weighted by molar-refractivity contribution is 6.06. The number of carbonyl (C=O) groups excluding carboxylic acids is 2. The van der Waals surface area contributed by atoms with E-state index >= 15 is 0 Å². The van der Waals surface area contributed by atoms with E-state index < -0.39 is 0 Å². The van der Waals surface area contributed by atoms with Crippen molar-refractivity contribution in [3.8, 4) is 0 Å². The van der Waals surface area contributed by atoms with Crippen LogP contribution in [-0.4, -0.2) is 16.8 Å². The first kappa shape index (κ1) is 12.8. The average molecular weight is 258 g/mol. The van der Waals surface area contributed by atoms with Crippen molar-refractivity contribution in [2.75, 3.05) is 10.6 Å². The number of pyridine rings is 1. The van der Waals surface area contributed by atoms with Gasteiger partial charge in [-0.2, -0.15) is 0 Å². The number of nitrogens with zero attached hydrogens (tertiary/aromatic N) is 1. The van der Waals surface area contributed by atoms with Gasteiger partial charge in [-0.05, 0) is 18.7 Å². The van der Waals surface area contributed by atoms with Crippen molar-refractivity contribution in [2.45, 2.75) is 13.3 Å². The van der Waals surface area contributed by atoms with E-state index in [0.29, 0.717) is 23.4 Å².